The van der Waals surface area contributed by atoms with Crippen LogP contribution in [0.5, 0.6) is 0 Å². The maximum atomic E-state index is 5.44. The number of nitrogens with zero attached hydrogens (tertiary/aromatic N) is 5. The Morgan fingerprint density at radius 1 is 0.278 bits per heavy atom. The first-order chi connectivity index (χ1) is 26.8. The summed E-state index contributed by atoms with van der Waals surface area (Å²) in [6, 6.07) is 62.5. The molecule has 5 heteroatoms. The molecule has 9 aromatic carbocycles. The highest BCUT2D eigenvalue weighted by Gasteiger charge is 2.22. The van der Waals surface area contributed by atoms with Crippen LogP contribution in [-0.4, -0.2) is 24.1 Å². The van der Waals surface area contributed by atoms with E-state index in [-0.39, 0.29) is 0 Å². The van der Waals surface area contributed by atoms with Crippen LogP contribution in [0.15, 0.2) is 176 Å². The van der Waals surface area contributed by atoms with E-state index in [9.17, 15) is 0 Å². The zero-order valence-electron chi connectivity index (χ0n) is 29.0. The van der Waals surface area contributed by atoms with E-state index < -0.39 is 0 Å². The summed E-state index contributed by atoms with van der Waals surface area (Å²) >= 11 is 0. The molecule has 12 aromatic rings. The first-order valence-corrected chi connectivity index (χ1v) is 18.3. The van der Waals surface area contributed by atoms with Gasteiger partial charge in [-0.2, -0.15) is 15.0 Å². The van der Waals surface area contributed by atoms with Gasteiger partial charge in [0.2, 0.25) is 11.9 Å². The first-order valence-electron chi connectivity index (χ1n) is 18.3. The average Bonchev–Trinajstić information content (AvgIpc) is 3.76. The van der Waals surface area contributed by atoms with Crippen molar-refractivity contribution in [2.75, 3.05) is 0 Å². The van der Waals surface area contributed by atoms with E-state index in [2.05, 4.69) is 185 Å². The number of hydrogen-bond acceptors (Lipinski definition) is 3. The summed E-state index contributed by atoms with van der Waals surface area (Å²) < 4.78 is 4.39. The molecule has 5 nitrogen and oxygen atoms in total. The topological polar surface area (TPSA) is 48.5 Å². The zero-order valence-corrected chi connectivity index (χ0v) is 29.0. The molecule has 0 amide bonds. The molecule has 54 heavy (non-hydrogen) atoms. The number of rotatable bonds is 3. The fourth-order valence-corrected chi connectivity index (χ4v) is 8.90. The second-order valence-corrected chi connectivity index (χ2v) is 14.0. The highest BCUT2D eigenvalue weighted by molar-refractivity contribution is 6.33. The van der Waals surface area contributed by atoms with Gasteiger partial charge in [-0.15, -0.1) is 0 Å². The maximum absolute atomic E-state index is 5.44. The number of aromatic nitrogens is 5. The van der Waals surface area contributed by atoms with Crippen LogP contribution in [0.2, 0.25) is 0 Å². The van der Waals surface area contributed by atoms with Crippen LogP contribution in [0.25, 0.3) is 110 Å². The molecule has 0 saturated heterocycles. The maximum Gasteiger partial charge on any atom is 0.240 e. The van der Waals surface area contributed by atoms with Gasteiger partial charge in [-0.05, 0) is 73.4 Å². The summed E-state index contributed by atoms with van der Waals surface area (Å²) in [7, 11) is 0. The van der Waals surface area contributed by atoms with Crippen LogP contribution in [0.1, 0.15) is 0 Å². The summed E-state index contributed by atoms with van der Waals surface area (Å²) in [4.78, 5) is 16.3. The predicted molar refractivity (Wildman–Crippen MR) is 224 cm³/mol. The number of hydrogen-bond donors (Lipinski definition) is 0. The van der Waals surface area contributed by atoms with Crippen LogP contribution >= 0.6 is 0 Å². The third kappa shape index (κ3) is 4.01. The third-order valence-electron chi connectivity index (χ3n) is 11.2. The van der Waals surface area contributed by atoms with E-state index in [1.807, 2.05) is 0 Å². The Balaban J connectivity index is 1.26. The lowest BCUT2D eigenvalue weighted by Crippen LogP contribution is -2.10. The van der Waals surface area contributed by atoms with E-state index in [1.54, 1.807) is 0 Å². The molecule has 0 aliphatic heterocycles. The van der Waals surface area contributed by atoms with Gasteiger partial charge in [0, 0.05) is 27.1 Å². The molecule has 0 aliphatic carbocycles. The molecular formula is C49H29N5. The molecule has 0 fully saturated rings. The lowest BCUT2D eigenvalue weighted by Gasteiger charge is -2.17. The molecule has 0 N–H and O–H groups in total. The minimum Gasteiger partial charge on any atom is -0.278 e. The van der Waals surface area contributed by atoms with E-state index in [0.717, 1.165) is 54.6 Å². The van der Waals surface area contributed by atoms with Crippen LogP contribution < -0.4 is 0 Å². The molecule has 0 saturated carbocycles. The predicted octanol–water partition coefficient (Wildman–Crippen LogP) is 12.3. The Kier molecular flexibility index (Phi) is 5.99. The molecule has 0 atom stereocenters. The Hall–Kier alpha value is -7.37. The summed E-state index contributed by atoms with van der Waals surface area (Å²) in [6.45, 7) is 0. The van der Waals surface area contributed by atoms with Crippen molar-refractivity contribution in [1.82, 2.24) is 24.1 Å². The fraction of sp³-hybridized carbons (Fsp3) is 0. The Bertz CT molecular complexity index is 3280. The van der Waals surface area contributed by atoms with E-state index >= 15 is 0 Å². The van der Waals surface area contributed by atoms with Crippen molar-refractivity contribution in [3.8, 4) is 23.3 Å². The van der Waals surface area contributed by atoms with Crippen LogP contribution in [0.3, 0.4) is 0 Å². The molecule has 0 unspecified atom stereocenters. The lowest BCUT2D eigenvalue weighted by molar-refractivity contribution is 0.893. The standard InChI is InChI=1S/C49H29N5/c1-2-17-32-30(15-1)31-16-3-5-23-38(31)46-39-24-6-4-18-33(39)41(29-40(32)46)47-50-48(53-42-25-11-7-19-34(42)35-20-8-12-26-43(35)53)52-49(51-47)54-44-27-13-9-21-36(44)37-22-10-14-28-45(37)54/h1-29H. The third-order valence-corrected chi connectivity index (χ3v) is 11.2. The second kappa shape index (κ2) is 11.1. The summed E-state index contributed by atoms with van der Waals surface area (Å²) in [5.41, 5.74) is 5.15. The number of para-hydroxylation sites is 4. The molecule has 250 valence electrons. The Morgan fingerprint density at radius 2 is 0.593 bits per heavy atom. The van der Waals surface area contributed by atoms with Crippen molar-refractivity contribution < 1.29 is 0 Å². The van der Waals surface area contributed by atoms with Crippen LogP contribution in [0, 0.1) is 0 Å². The zero-order chi connectivity index (χ0) is 35.3. The monoisotopic (exact) mass is 687 g/mol. The molecule has 12 rings (SSSR count). The molecule has 0 spiro atoms. The molecule has 0 aliphatic rings. The van der Waals surface area contributed by atoms with Gasteiger partial charge in [-0.1, -0.05) is 146 Å². The first kappa shape index (κ1) is 29.2. The van der Waals surface area contributed by atoms with Gasteiger partial charge in [0.05, 0.1) is 22.1 Å². The highest BCUT2D eigenvalue weighted by atomic mass is 15.3. The lowest BCUT2D eigenvalue weighted by atomic mass is 9.89. The summed E-state index contributed by atoms with van der Waals surface area (Å²) in [6.07, 6.45) is 0. The van der Waals surface area contributed by atoms with Crippen molar-refractivity contribution in [1.29, 1.82) is 0 Å². The van der Waals surface area contributed by atoms with Gasteiger partial charge < -0.3 is 0 Å². The molecule has 0 bridgehead atoms. The van der Waals surface area contributed by atoms with E-state index in [4.69, 9.17) is 15.0 Å². The smallest absolute Gasteiger partial charge is 0.240 e. The number of benzene rings is 9. The molecule has 3 heterocycles. The van der Waals surface area contributed by atoms with Crippen molar-refractivity contribution >= 4 is 86.7 Å². The molecular weight excluding hydrogens is 659 g/mol. The summed E-state index contributed by atoms with van der Waals surface area (Å²) in [5.74, 6) is 1.76. The minimum atomic E-state index is 0.571. The van der Waals surface area contributed by atoms with Crippen molar-refractivity contribution in [3.63, 3.8) is 0 Å². The van der Waals surface area contributed by atoms with Crippen LogP contribution in [-0.2, 0) is 0 Å². The normalized spacial score (nSPS) is 12.1. The van der Waals surface area contributed by atoms with Crippen molar-refractivity contribution in [2.45, 2.75) is 0 Å². The van der Waals surface area contributed by atoms with Gasteiger partial charge in [0.1, 0.15) is 0 Å². The average molecular weight is 688 g/mol. The minimum absolute atomic E-state index is 0.571. The van der Waals surface area contributed by atoms with Gasteiger partial charge in [-0.25, -0.2) is 0 Å². The Labute approximate surface area is 309 Å². The fourth-order valence-electron chi connectivity index (χ4n) is 8.90. The van der Waals surface area contributed by atoms with E-state index in [1.165, 1.54) is 37.7 Å². The highest BCUT2D eigenvalue weighted by Crippen LogP contribution is 2.43. The van der Waals surface area contributed by atoms with Gasteiger partial charge in [0.25, 0.3) is 0 Å². The van der Waals surface area contributed by atoms with Gasteiger partial charge in [0.15, 0.2) is 5.82 Å². The molecule has 3 aromatic heterocycles. The molecule has 0 radical (unpaired) electrons. The quantitative estimate of drug-likeness (QED) is 0.174. The van der Waals surface area contributed by atoms with Crippen molar-refractivity contribution in [2.24, 2.45) is 0 Å². The van der Waals surface area contributed by atoms with E-state index in [0.29, 0.717) is 17.7 Å². The SMILES string of the molecule is c1ccc2c(c1)c(-c1nc(-n3c4ccccc4c4ccccc43)nc(-n3c4ccccc4c4ccccc43)n1)cc1c3ccccc3c3ccccc3c21. The van der Waals surface area contributed by atoms with Crippen LogP contribution in [0.4, 0.5) is 0 Å². The summed E-state index contributed by atoms with van der Waals surface area (Å²) in [5, 5.41) is 14.2. The number of fused-ring (bicyclic) bond motifs is 14. The van der Waals surface area contributed by atoms with Gasteiger partial charge in [-0.3, -0.25) is 9.13 Å². The second-order valence-electron chi connectivity index (χ2n) is 14.0. The van der Waals surface area contributed by atoms with Gasteiger partial charge >= 0.3 is 0 Å². The Morgan fingerprint density at radius 3 is 1.04 bits per heavy atom. The van der Waals surface area contributed by atoms with Crippen molar-refractivity contribution in [3.05, 3.63) is 176 Å². The largest absolute Gasteiger partial charge is 0.278 e.